The number of guanidine groups is 1. The normalized spacial score (nSPS) is 16.8. The molecule has 2 amide bonds. The molecule has 2 aliphatic rings. The lowest BCUT2D eigenvalue weighted by molar-refractivity contribution is -0.129. The van der Waals surface area contributed by atoms with E-state index in [9.17, 15) is 23.2 Å². The maximum atomic E-state index is 13.7. The zero-order valence-corrected chi connectivity index (χ0v) is 21.3. The monoisotopic (exact) mass is 536 g/mol. The number of ether oxygens (including phenoxy) is 2. The molecule has 4 rings (SSSR count). The quantitative estimate of drug-likeness (QED) is 0.553. The van der Waals surface area contributed by atoms with Crippen LogP contribution in [0.25, 0.3) is 0 Å². The van der Waals surface area contributed by atoms with Crippen LogP contribution in [0.4, 0.5) is 13.6 Å². The molecule has 0 bridgehead atoms. The van der Waals surface area contributed by atoms with Crippen molar-refractivity contribution in [1.29, 1.82) is 0 Å². The first-order valence-electron chi connectivity index (χ1n) is 11.4. The van der Waals surface area contributed by atoms with Crippen LogP contribution in [-0.2, 0) is 14.3 Å². The van der Waals surface area contributed by atoms with Crippen molar-refractivity contribution in [2.75, 3.05) is 27.8 Å². The van der Waals surface area contributed by atoms with E-state index in [0.29, 0.717) is 11.6 Å². The molecule has 1 saturated carbocycles. The number of rotatable bonds is 6. The van der Waals surface area contributed by atoms with Crippen LogP contribution in [0.5, 0.6) is 0 Å². The van der Waals surface area contributed by atoms with Gasteiger partial charge in [0.15, 0.2) is 12.0 Å². The first kappa shape index (κ1) is 27.9. The van der Waals surface area contributed by atoms with Gasteiger partial charge in [0, 0.05) is 20.2 Å². The Hall–Kier alpha value is -3.73. The van der Waals surface area contributed by atoms with Crippen LogP contribution in [0.2, 0.25) is 5.02 Å². The van der Waals surface area contributed by atoms with Crippen LogP contribution in [0, 0.1) is 11.6 Å². The van der Waals surface area contributed by atoms with Gasteiger partial charge in [-0.2, -0.15) is 0 Å². The minimum Gasteiger partial charge on any atom is -0.465 e. The van der Waals surface area contributed by atoms with Gasteiger partial charge in [-0.1, -0.05) is 36.9 Å². The van der Waals surface area contributed by atoms with E-state index in [2.05, 4.69) is 4.99 Å². The van der Waals surface area contributed by atoms with Crippen molar-refractivity contribution < 1.29 is 32.6 Å². The highest BCUT2D eigenvalue weighted by Gasteiger charge is 2.40. The van der Waals surface area contributed by atoms with Crippen molar-refractivity contribution in [3.8, 4) is 0 Å². The van der Waals surface area contributed by atoms with E-state index >= 15 is 0 Å². The topological polar surface area (TPSA) is 115 Å². The standard InChI is InChI=1S/C22H21ClF2N4O5.C3H6/c1-28(2)22(32)34-10-17(11-4-5-16(23)15(8-11)20(31)33-3)29-19(30)18(27-21(29)26)12-6-13(24)9-14(25)7-12;1-2-3-1/h4-9,17-18H,10H2,1-3H3,(H2,26,27);1-3H2. The Morgan fingerprint density at radius 2 is 1.78 bits per heavy atom. The van der Waals surface area contributed by atoms with Gasteiger partial charge in [0.1, 0.15) is 18.2 Å². The van der Waals surface area contributed by atoms with Crippen LogP contribution in [0.3, 0.4) is 0 Å². The number of methoxy groups -OCH3 is 1. The predicted molar refractivity (Wildman–Crippen MR) is 132 cm³/mol. The summed E-state index contributed by atoms with van der Waals surface area (Å²) in [6.07, 6.45) is 3.80. The Bertz CT molecular complexity index is 1200. The van der Waals surface area contributed by atoms with Crippen molar-refractivity contribution in [2.45, 2.75) is 31.3 Å². The molecule has 37 heavy (non-hydrogen) atoms. The van der Waals surface area contributed by atoms with Crippen molar-refractivity contribution in [3.05, 3.63) is 69.7 Å². The van der Waals surface area contributed by atoms with Gasteiger partial charge in [-0.3, -0.25) is 9.69 Å². The average molecular weight is 537 g/mol. The Morgan fingerprint density at radius 3 is 2.32 bits per heavy atom. The Balaban J connectivity index is 0.00000118. The van der Waals surface area contributed by atoms with Gasteiger partial charge in [-0.05, 0) is 35.4 Å². The minimum atomic E-state index is -1.32. The second kappa shape index (κ2) is 12.0. The number of carbonyl (C=O) groups is 3. The summed E-state index contributed by atoms with van der Waals surface area (Å²) in [6, 6.07) is 4.57. The lowest BCUT2D eigenvalue weighted by Crippen LogP contribution is -2.43. The number of hydrogen-bond acceptors (Lipinski definition) is 7. The van der Waals surface area contributed by atoms with E-state index in [4.69, 9.17) is 26.8 Å². The molecule has 0 saturated heterocycles. The number of amides is 2. The maximum absolute atomic E-state index is 13.7. The molecule has 0 aromatic heterocycles. The molecule has 9 nitrogen and oxygen atoms in total. The molecule has 1 fully saturated rings. The van der Waals surface area contributed by atoms with E-state index in [1.165, 1.54) is 63.6 Å². The smallest absolute Gasteiger partial charge is 0.409 e. The molecule has 2 atom stereocenters. The number of nitrogens with zero attached hydrogens (tertiary/aromatic N) is 3. The van der Waals surface area contributed by atoms with Crippen molar-refractivity contribution in [3.63, 3.8) is 0 Å². The number of aliphatic imine (C=N–C) groups is 1. The summed E-state index contributed by atoms with van der Waals surface area (Å²) in [7, 11) is 4.12. The number of esters is 1. The Kier molecular flexibility index (Phi) is 9.04. The maximum Gasteiger partial charge on any atom is 0.409 e. The minimum absolute atomic E-state index is 0.0107. The lowest BCUT2D eigenvalue weighted by atomic mass is 10.0. The van der Waals surface area contributed by atoms with Crippen molar-refractivity contribution >= 4 is 35.5 Å². The van der Waals surface area contributed by atoms with Crippen LogP contribution in [0.1, 0.15) is 52.8 Å². The third-order valence-electron chi connectivity index (χ3n) is 5.36. The van der Waals surface area contributed by atoms with E-state index in [-0.39, 0.29) is 28.7 Å². The predicted octanol–water partition coefficient (Wildman–Crippen LogP) is 4.21. The molecule has 2 N–H and O–H groups in total. The third kappa shape index (κ3) is 6.94. The fourth-order valence-electron chi connectivity index (χ4n) is 3.37. The number of benzene rings is 2. The van der Waals surface area contributed by atoms with Gasteiger partial charge in [-0.15, -0.1) is 0 Å². The second-order valence-electron chi connectivity index (χ2n) is 8.58. The van der Waals surface area contributed by atoms with Gasteiger partial charge < -0.3 is 20.1 Å². The highest BCUT2D eigenvalue weighted by atomic mass is 35.5. The van der Waals surface area contributed by atoms with Gasteiger partial charge in [-0.25, -0.2) is 23.4 Å². The van der Waals surface area contributed by atoms with E-state index in [0.717, 1.165) is 17.0 Å². The number of carbonyl (C=O) groups excluding carboxylic acids is 3. The van der Waals surface area contributed by atoms with Crippen molar-refractivity contribution in [2.24, 2.45) is 10.7 Å². The zero-order chi connectivity index (χ0) is 27.3. The third-order valence-corrected chi connectivity index (χ3v) is 5.69. The SMILES string of the molecule is C1CC1.COC(=O)c1cc(C(COC(=O)N(C)C)N2C(=O)C(c3cc(F)cc(F)c3)N=C2N)ccc1Cl. The fourth-order valence-corrected chi connectivity index (χ4v) is 3.57. The molecule has 2 unspecified atom stereocenters. The molecule has 2 aromatic rings. The van der Waals surface area contributed by atoms with Crippen LogP contribution in [0.15, 0.2) is 41.4 Å². The molecular weight excluding hydrogens is 510 g/mol. The molecule has 1 aliphatic carbocycles. The van der Waals surface area contributed by atoms with Crippen LogP contribution >= 0.6 is 11.6 Å². The molecule has 12 heteroatoms. The summed E-state index contributed by atoms with van der Waals surface area (Å²) in [6.45, 7) is -0.370. The van der Waals surface area contributed by atoms with Gasteiger partial charge >= 0.3 is 12.1 Å². The van der Waals surface area contributed by atoms with Crippen molar-refractivity contribution in [1.82, 2.24) is 9.80 Å². The summed E-state index contributed by atoms with van der Waals surface area (Å²) in [5.41, 5.74) is 6.33. The number of hydrogen-bond donors (Lipinski definition) is 1. The largest absolute Gasteiger partial charge is 0.465 e. The molecular formula is C25H27ClF2N4O5. The molecule has 2 aromatic carbocycles. The summed E-state index contributed by atoms with van der Waals surface area (Å²) in [5, 5.41) is 0.0992. The highest BCUT2D eigenvalue weighted by Crippen LogP contribution is 2.34. The van der Waals surface area contributed by atoms with E-state index < -0.39 is 41.7 Å². The molecule has 0 spiro atoms. The molecule has 0 radical (unpaired) electrons. The summed E-state index contributed by atoms with van der Waals surface area (Å²) >= 11 is 6.10. The molecule has 1 aliphatic heterocycles. The molecule has 1 heterocycles. The summed E-state index contributed by atoms with van der Waals surface area (Å²) in [4.78, 5) is 43.8. The Morgan fingerprint density at radius 1 is 1.16 bits per heavy atom. The van der Waals surface area contributed by atoms with E-state index in [1.54, 1.807) is 0 Å². The van der Waals surface area contributed by atoms with Gasteiger partial charge in [0.05, 0.1) is 23.7 Å². The highest BCUT2D eigenvalue weighted by molar-refractivity contribution is 6.33. The van der Waals surface area contributed by atoms with E-state index in [1.807, 2.05) is 0 Å². The first-order valence-corrected chi connectivity index (χ1v) is 11.8. The number of halogens is 3. The Labute approximate surface area is 217 Å². The van der Waals surface area contributed by atoms with Crippen LogP contribution < -0.4 is 5.73 Å². The average Bonchev–Trinajstić information content (AvgIpc) is 3.70. The number of nitrogens with two attached hydrogens (primary N) is 1. The lowest BCUT2D eigenvalue weighted by Gasteiger charge is -2.29. The van der Waals surface area contributed by atoms with Gasteiger partial charge in [0.2, 0.25) is 0 Å². The first-order chi connectivity index (χ1) is 17.5. The summed E-state index contributed by atoms with van der Waals surface area (Å²) < 4.78 is 37.5. The van der Waals surface area contributed by atoms with Crippen LogP contribution in [-0.4, -0.2) is 61.5 Å². The fraction of sp³-hybridized carbons (Fsp3) is 0.360. The second-order valence-corrected chi connectivity index (χ2v) is 8.99. The summed E-state index contributed by atoms with van der Waals surface area (Å²) in [5.74, 6) is -3.46. The zero-order valence-electron chi connectivity index (χ0n) is 20.5. The molecule has 198 valence electrons. The van der Waals surface area contributed by atoms with Gasteiger partial charge in [0.25, 0.3) is 5.91 Å².